The summed E-state index contributed by atoms with van der Waals surface area (Å²) in [7, 11) is 1.55. The van der Waals surface area contributed by atoms with E-state index in [0.29, 0.717) is 11.3 Å². The molecule has 0 saturated carbocycles. The van der Waals surface area contributed by atoms with Crippen molar-refractivity contribution < 1.29 is 23.0 Å². The zero-order valence-corrected chi connectivity index (χ0v) is 12.9. The smallest absolute Gasteiger partial charge is 0.252 e. The number of ether oxygens (including phenoxy) is 2. The number of hydrogen-bond donors (Lipinski definition) is 1. The summed E-state index contributed by atoms with van der Waals surface area (Å²) in [6.07, 6.45) is 0. The number of halogens is 2. The second-order valence-corrected chi connectivity index (χ2v) is 4.63. The van der Waals surface area contributed by atoms with Gasteiger partial charge in [-0.15, -0.1) is 0 Å². The normalized spacial score (nSPS) is 9.62. The summed E-state index contributed by atoms with van der Waals surface area (Å²) in [6.45, 7) is 0.0566. The highest BCUT2D eigenvalue weighted by Crippen LogP contribution is 2.17. The van der Waals surface area contributed by atoms with E-state index in [1.165, 1.54) is 6.07 Å². The van der Waals surface area contributed by atoms with Gasteiger partial charge in [0.25, 0.3) is 5.91 Å². The Morgan fingerprint density at radius 1 is 1.12 bits per heavy atom. The third-order valence-electron chi connectivity index (χ3n) is 3.01. The van der Waals surface area contributed by atoms with Crippen LogP contribution in [-0.2, 0) is 0 Å². The molecule has 24 heavy (non-hydrogen) atoms. The van der Waals surface area contributed by atoms with Gasteiger partial charge in [0.15, 0.2) is 11.6 Å². The molecule has 2 aromatic rings. The van der Waals surface area contributed by atoms with Crippen LogP contribution >= 0.6 is 0 Å². The minimum absolute atomic E-state index is 0.0685. The van der Waals surface area contributed by atoms with E-state index in [1.807, 2.05) is 0 Å². The number of nitrogens with one attached hydrogen (secondary N) is 1. The molecule has 2 aromatic carbocycles. The molecule has 0 atom stereocenters. The molecule has 0 heterocycles. The van der Waals surface area contributed by atoms with Gasteiger partial charge in [0.05, 0.1) is 13.7 Å². The van der Waals surface area contributed by atoms with E-state index in [0.717, 1.165) is 12.1 Å². The number of amides is 1. The molecule has 0 radical (unpaired) electrons. The van der Waals surface area contributed by atoms with Gasteiger partial charge in [0.2, 0.25) is 0 Å². The minimum atomic E-state index is -0.787. The molecule has 6 heteroatoms. The van der Waals surface area contributed by atoms with Crippen LogP contribution in [0.5, 0.6) is 11.5 Å². The number of carbonyl (C=O) groups is 1. The molecule has 0 aliphatic carbocycles. The van der Waals surface area contributed by atoms with Gasteiger partial charge in [-0.3, -0.25) is 4.79 Å². The maximum absolute atomic E-state index is 13.3. The van der Waals surface area contributed by atoms with Crippen molar-refractivity contribution >= 4 is 5.91 Å². The van der Waals surface area contributed by atoms with Gasteiger partial charge >= 0.3 is 0 Å². The van der Waals surface area contributed by atoms with Crippen LogP contribution in [0.1, 0.15) is 10.4 Å². The van der Waals surface area contributed by atoms with Crippen molar-refractivity contribution in [3.05, 3.63) is 59.7 Å². The van der Waals surface area contributed by atoms with Crippen LogP contribution < -0.4 is 14.8 Å². The lowest BCUT2D eigenvalue weighted by Crippen LogP contribution is -2.23. The molecule has 0 aromatic heterocycles. The molecule has 0 aliphatic heterocycles. The largest absolute Gasteiger partial charge is 0.497 e. The maximum atomic E-state index is 13.3. The summed E-state index contributed by atoms with van der Waals surface area (Å²) in [5, 5.41) is 2.62. The number of rotatable bonds is 5. The van der Waals surface area contributed by atoms with E-state index < -0.39 is 11.6 Å². The van der Waals surface area contributed by atoms with Gasteiger partial charge in [-0.05, 0) is 36.4 Å². The predicted molar refractivity (Wildman–Crippen MR) is 85.0 cm³/mol. The Balaban J connectivity index is 1.75. The third kappa shape index (κ3) is 4.99. The lowest BCUT2D eigenvalue weighted by molar-refractivity contribution is 0.0958. The highest BCUT2D eigenvalue weighted by Gasteiger charge is 2.04. The van der Waals surface area contributed by atoms with Crippen LogP contribution in [-0.4, -0.2) is 26.2 Å². The first-order chi connectivity index (χ1) is 11.6. The average molecular weight is 331 g/mol. The van der Waals surface area contributed by atoms with E-state index in [2.05, 4.69) is 17.2 Å². The molecule has 2 rings (SSSR count). The highest BCUT2D eigenvalue weighted by molar-refractivity contribution is 5.94. The quantitative estimate of drug-likeness (QED) is 0.857. The maximum Gasteiger partial charge on any atom is 0.252 e. The lowest BCUT2D eigenvalue weighted by Gasteiger charge is -2.03. The van der Waals surface area contributed by atoms with Gasteiger partial charge in [0.1, 0.15) is 18.2 Å². The van der Waals surface area contributed by atoms with E-state index in [4.69, 9.17) is 9.47 Å². The molecule has 0 fully saturated rings. The topological polar surface area (TPSA) is 47.6 Å². The summed E-state index contributed by atoms with van der Waals surface area (Å²) in [5.74, 6) is 4.17. The van der Waals surface area contributed by atoms with Gasteiger partial charge < -0.3 is 14.8 Å². The van der Waals surface area contributed by atoms with Crippen LogP contribution in [0.15, 0.2) is 42.5 Å². The fraction of sp³-hybridized carbons (Fsp3) is 0.167. The first kappa shape index (κ1) is 17.3. The molecule has 4 nitrogen and oxygen atoms in total. The molecule has 1 amide bonds. The lowest BCUT2D eigenvalue weighted by atomic mass is 10.2. The summed E-state index contributed by atoms with van der Waals surface area (Å²) >= 11 is 0. The molecular weight excluding hydrogens is 316 g/mol. The first-order valence-electron chi connectivity index (χ1n) is 7.06. The summed E-state index contributed by atoms with van der Waals surface area (Å²) in [6, 6.07) is 9.68. The highest BCUT2D eigenvalue weighted by atomic mass is 19.1. The Labute approximate surface area is 138 Å². The van der Waals surface area contributed by atoms with Gasteiger partial charge in [-0.2, -0.15) is 0 Å². The van der Waals surface area contributed by atoms with E-state index in [-0.39, 0.29) is 24.8 Å². The summed E-state index contributed by atoms with van der Waals surface area (Å²) in [4.78, 5) is 11.8. The summed E-state index contributed by atoms with van der Waals surface area (Å²) in [5.41, 5.74) is 0.488. The van der Waals surface area contributed by atoms with E-state index in [1.54, 1.807) is 31.4 Å². The first-order valence-corrected chi connectivity index (χ1v) is 7.06. The van der Waals surface area contributed by atoms with Crippen LogP contribution in [0.3, 0.4) is 0 Å². The monoisotopic (exact) mass is 331 g/mol. The SMILES string of the molecule is COc1ccc(C(=O)NCC#CCOc2ccc(F)cc2F)cc1. The van der Waals surface area contributed by atoms with Crippen molar-refractivity contribution in [2.75, 3.05) is 20.3 Å². The van der Waals surface area contributed by atoms with Crippen LogP contribution in [0.4, 0.5) is 8.78 Å². The van der Waals surface area contributed by atoms with Crippen molar-refractivity contribution in [2.24, 2.45) is 0 Å². The van der Waals surface area contributed by atoms with E-state index in [9.17, 15) is 13.6 Å². The van der Waals surface area contributed by atoms with Gasteiger partial charge in [0, 0.05) is 11.6 Å². The molecule has 1 N–H and O–H groups in total. The van der Waals surface area contributed by atoms with Gasteiger partial charge in [-0.25, -0.2) is 8.78 Å². The Morgan fingerprint density at radius 2 is 1.88 bits per heavy atom. The summed E-state index contributed by atoms with van der Waals surface area (Å²) < 4.78 is 36.1. The number of benzene rings is 2. The van der Waals surface area contributed by atoms with Crippen LogP contribution in [0.2, 0.25) is 0 Å². The molecule has 124 valence electrons. The fourth-order valence-electron chi connectivity index (χ4n) is 1.79. The second kappa shape index (κ2) is 8.53. The second-order valence-electron chi connectivity index (χ2n) is 4.63. The average Bonchev–Trinajstić information content (AvgIpc) is 2.59. The Bertz CT molecular complexity index is 764. The molecule has 0 aliphatic rings. The molecule has 0 saturated heterocycles. The van der Waals surface area contributed by atoms with Crippen molar-refractivity contribution in [1.82, 2.24) is 5.32 Å². The molecule has 0 unspecified atom stereocenters. The molecule has 0 bridgehead atoms. The fourth-order valence-corrected chi connectivity index (χ4v) is 1.79. The standard InChI is InChI=1S/C18H15F2NO3/c1-23-15-7-4-13(5-8-15)18(22)21-10-2-3-11-24-17-9-6-14(19)12-16(17)20/h4-9,12H,10-11H2,1H3,(H,21,22). The van der Waals surface area contributed by atoms with Crippen molar-refractivity contribution in [2.45, 2.75) is 0 Å². The minimum Gasteiger partial charge on any atom is -0.497 e. The van der Waals surface area contributed by atoms with E-state index >= 15 is 0 Å². The zero-order chi connectivity index (χ0) is 17.4. The van der Waals surface area contributed by atoms with Crippen molar-refractivity contribution in [3.8, 4) is 23.3 Å². The number of hydrogen-bond acceptors (Lipinski definition) is 3. The Kier molecular flexibility index (Phi) is 6.15. The van der Waals surface area contributed by atoms with Crippen molar-refractivity contribution in [1.29, 1.82) is 0 Å². The number of carbonyl (C=O) groups excluding carboxylic acids is 1. The van der Waals surface area contributed by atoms with Crippen LogP contribution in [0.25, 0.3) is 0 Å². The zero-order valence-electron chi connectivity index (χ0n) is 12.9. The molecular formula is C18H15F2NO3. The predicted octanol–water partition coefficient (Wildman–Crippen LogP) is 2.79. The van der Waals surface area contributed by atoms with Gasteiger partial charge in [-0.1, -0.05) is 11.8 Å². The van der Waals surface area contributed by atoms with Crippen molar-refractivity contribution in [3.63, 3.8) is 0 Å². The Hall–Kier alpha value is -3.07. The number of methoxy groups -OCH3 is 1. The van der Waals surface area contributed by atoms with Crippen LogP contribution in [0, 0.1) is 23.5 Å². The molecule has 0 spiro atoms. The third-order valence-corrected chi connectivity index (χ3v) is 3.01. The Morgan fingerprint density at radius 3 is 2.54 bits per heavy atom.